The maximum atomic E-state index is 10.8. The fraction of sp³-hybridized carbons (Fsp3) is 0.500. The molecule has 0 spiro atoms. The lowest BCUT2D eigenvalue weighted by atomic mass is 9.53. The number of allylic oxidation sites excluding steroid dienone is 4. The summed E-state index contributed by atoms with van der Waals surface area (Å²) in [5, 5.41) is 17.8. The first kappa shape index (κ1) is 44.0. The summed E-state index contributed by atoms with van der Waals surface area (Å²) < 4.78 is 60.5. The molecule has 52 heavy (non-hydrogen) atoms. The van der Waals surface area contributed by atoms with Gasteiger partial charge in [0.15, 0.2) is 0 Å². The van der Waals surface area contributed by atoms with E-state index in [1.807, 2.05) is 0 Å². The molecule has 6 atom stereocenters. The Bertz CT molecular complexity index is 1720. The average Bonchev–Trinajstić information content (AvgIpc) is 3.60. The summed E-state index contributed by atoms with van der Waals surface area (Å²) in [5.74, 6) is 0.822. The van der Waals surface area contributed by atoms with Gasteiger partial charge in [-0.25, -0.2) is 0 Å². The van der Waals surface area contributed by atoms with Crippen molar-refractivity contribution in [2.45, 2.75) is 75.0 Å². The molecule has 2 saturated carbocycles. The van der Waals surface area contributed by atoms with Crippen LogP contribution in [0.4, 0.5) is 0 Å². The monoisotopic (exact) mass is 890 g/mol. The molecule has 8 N–H and O–H groups in total. The highest BCUT2D eigenvalue weighted by Crippen LogP contribution is 2.60. The van der Waals surface area contributed by atoms with Crippen LogP contribution >= 0.6 is 31.9 Å². The Morgan fingerprint density at radius 1 is 0.673 bits per heavy atom. The Labute approximate surface area is 322 Å². The smallest absolute Gasteiger partial charge is 0.303 e. The molecule has 0 heterocycles. The van der Waals surface area contributed by atoms with Crippen LogP contribution in [-0.4, -0.2) is 61.2 Å². The van der Waals surface area contributed by atoms with Gasteiger partial charge in [0.25, 0.3) is 20.2 Å². The molecular formula is C36H48Br2N2O10S2. The van der Waals surface area contributed by atoms with Crippen molar-refractivity contribution in [3.8, 4) is 0 Å². The molecule has 0 unspecified atom stereocenters. The number of fused-ring (bicyclic) bond motifs is 2. The minimum Gasteiger partial charge on any atom is -0.481 e. The normalized spacial score (nSPS) is 26.8. The highest BCUT2D eigenvalue weighted by atomic mass is 79.9. The third kappa shape index (κ3) is 11.3. The van der Waals surface area contributed by atoms with Crippen molar-refractivity contribution >= 4 is 64.0 Å². The largest absolute Gasteiger partial charge is 0.481 e. The molecule has 0 radical (unpaired) electrons. The van der Waals surface area contributed by atoms with Gasteiger partial charge in [0.1, 0.15) is 0 Å². The molecule has 4 aliphatic carbocycles. The third-order valence-corrected chi connectivity index (χ3v) is 13.4. The minimum absolute atomic E-state index is 0.0966. The van der Waals surface area contributed by atoms with Gasteiger partial charge in [-0.15, -0.1) is 0 Å². The Hall–Kier alpha value is -2.44. The van der Waals surface area contributed by atoms with Crippen molar-refractivity contribution in [3.63, 3.8) is 0 Å². The third-order valence-electron chi connectivity index (χ3n) is 10.6. The minimum atomic E-state index is -4.04. The van der Waals surface area contributed by atoms with Crippen LogP contribution in [0.25, 0.3) is 0 Å². The molecular weight excluding hydrogens is 844 g/mol. The average molecular weight is 893 g/mol. The van der Waals surface area contributed by atoms with E-state index in [4.69, 9.17) is 30.8 Å². The maximum absolute atomic E-state index is 10.8. The number of carboxylic acids is 2. The van der Waals surface area contributed by atoms with Crippen LogP contribution in [0.5, 0.6) is 0 Å². The van der Waals surface area contributed by atoms with Gasteiger partial charge in [0.2, 0.25) is 0 Å². The number of carbonyl (C=O) groups is 2. The number of rotatable bonds is 10. The van der Waals surface area contributed by atoms with Gasteiger partial charge < -0.3 is 21.7 Å². The molecule has 288 valence electrons. The predicted molar refractivity (Wildman–Crippen MR) is 205 cm³/mol. The summed E-state index contributed by atoms with van der Waals surface area (Å²) in [6, 6.07) is 11.5. The van der Waals surface area contributed by atoms with Crippen LogP contribution < -0.4 is 11.5 Å². The van der Waals surface area contributed by atoms with Gasteiger partial charge in [-0.05, 0) is 135 Å². The Morgan fingerprint density at radius 2 is 0.981 bits per heavy atom. The molecule has 2 fully saturated rings. The molecule has 0 bridgehead atoms. The molecule has 12 nitrogen and oxygen atoms in total. The van der Waals surface area contributed by atoms with Gasteiger partial charge in [-0.3, -0.25) is 18.7 Å². The molecule has 0 amide bonds. The standard InChI is InChI=1S/2C12H19NO2.2C6H5BrO3S/c2*1-2-8-3-9-5-12(7-13,6-11(14)15)10(9)4-8;2*7-5-1-3-6(4-2-5)11(8,9)10/h2*4,9-10H,2-3,5-7,13H2,1H3,(H,14,15);2*1-4H,(H,8,9,10)/t2*9-,10-,12-;;/m11../s1. The molecule has 6 rings (SSSR count). The lowest BCUT2D eigenvalue weighted by Gasteiger charge is -2.51. The summed E-state index contributed by atoms with van der Waals surface area (Å²) >= 11 is 6.27. The number of carboxylic acid groups (broad SMARTS) is 2. The van der Waals surface area contributed by atoms with E-state index in [0.29, 0.717) is 36.8 Å². The summed E-state index contributed by atoms with van der Waals surface area (Å²) in [4.78, 5) is 21.5. The highest BCUT2D eigenvalue weighted by Gasteiger charge is 2.55. The van der Waals surface area contributed by atoms with Crippen molar-refractivity contribution in [1.29, 1.82) is 0 Å². The molecule has 4 aliphatic rings. The Morgan fingerprint density at radius 3 is 1.21 bits per heavy atom. The van der Waals surface area contributed by atoms with E-state index in [-0.39, 0.29) is 33.5 Å². The first-order chi connectivity index (χ1) is 24.2. The number of hydrogen-bond donors (Lipinski definition) is 6. The maximum Gasteiger partial charge on any atom is 0.303 e. The van der Waals surface area contributed by atoms with E-state index in [2.05, 4.69) is 57.9 Å². The van der Waals surface area contributed by atoms with E-state index in [0.717, 1.165) is 34.6 Å². The van der Waals surface area contributed by atoms with Gasteiger partial charge in [0.05, 0.1) is 22.6 Å². The van der Waals surface area contributed by atoms with Gasteiger partial charge >= 0.3 is 11.9 Å². The Kier molecular flexibility index (Phi) is 15.4. The van der Waals surface area contributed by atoms with Crippen molar-refractivity contribution in [1.82, 2.24) is 0 Å². The zero-order valence-corrected chi connectivity index (χ0v) is 33.9. The van der Waals surface area contributed by atoms with Crippen molar-refractivity contribution in [2.75, 3.05) is 13.1 Å². The van der Waals surface area contributed by atoms with E-state index in [9.17, 15) is 26.4 Å². The number of nitrogens with two attached hydrogens (primary N) is 2. The van der Waals surface area contributed by atoms with E-state index in [1.54, 1.807) is 24.3 Å². The second-order valence-corrected chi connectivity index (χ2v) is 18.6. The van der Waals surface area contributed by atoms with E-state index >= 15 is 0 Å². The first-order valence-electron chi connectivity index (χ1n) is 16.9. The molecule has 0 aliphatic heterocycles. The molecule has 0 saturated heterocycles. The number of hydrogen-bond acceptors (Lipinski definition) is 8. The molecule has 2 aromatic carbocycles. The van der Waals surface area contributed by atoms with Gasteiger partial charge in [-0.1, -0.05) is 69.0 Å². The van der Waals surface area contributed by atoms with Crippen molar-refractivity contribution in [2.24, 2.45) is 46.0 Å². The fourth-order valence-electron chi connectivity index (χ4n) is 7.89. The van der Waals surface area contributed by atoms with E-state index in [1.165, 1.54) is 48.3 Å². The zero-order valence-electron chi connectivity index (χ0n) is 29.1. The van der Waals surface area contributed by atoms with Gasteiger partial charge in [0, 0.05) is 8.95 Å². The van der Waals surface area contributed by atoms with Crippen LogP contribution in [0.3, 0.4) is 0 Å². The second-order valence-electron chi connectivity index (χ2n) is 13.9. The first-order valence-corrected chi connectivity index (χ1v) is 21.4. The number of benzene rings is 2. The van der Waals surface area contributed by atoms with Crippen LogP contribution in [0.1, 0.15) is 65.2 Å². The lowest BCUT2D eigenvalue weighted by molar-refractivity contribution is -0.145. The molecule has 2 aromatic rings. The summed E-state index contributed by atoms with van der Waals surface area (Å²) in [5.41, 5.74) is 14.3. The predicted octanol–water partition coefficient (Wildman–Crippen LogP) is 6.96. The SMILES string of the molecule is CCC1=C[C@@H]2[C@H](C1)C[C@]2(CN)CC(=O)O.CCC1=C[C@@H]2[C@H](C1)C[C@]2(CN)CC(=O)O.O=S(=O)(O)c1ccc(Br)cc1.O=S(=O)(O)c1ccc(Br)cc1. The summed E-state index contributed by atoms with van der Waals surface area (Å²) in [6.45, 7) is 5.34. The van der Waals surface area contributed by atoms with E-state index < -0.39 is 32.2 Å². The second kappa shape index (κ2) is 18.3. The number of aliphatic carboxylic acids is 2. The summed E-state index contributed by atoms with van der Waals surface area (Å²) in [7, 11) is -8.08. The van der Waals surface area contributed by atoms with Crippen LogP contribution in [0, 0.1) is 34.5 Å². The van der Waals surface area contributed by atoms with Gasteiger partial charge in [-0.2, -0.15) is 16.8 Å². The molecule has 0 aromatic heterocycles. The zero-order chi connectivity index (χ0) is 39.1. The van der Waals surface area contributed by atoms with Crippen LogP contribution in [-0.2, 0) is 29.8 Å². The van der Waals surface area contributed by atoms with Crippen LogP contribution in [0.2, 0.25) is 0 Å². The number of halogens is 2. The van der Waals surface area contributed by atoms with Crippen molar-refractivity contribution < 1.29 is 45.7 Å². The Balaban J connectivity index is 0.000000189. The lowest BCUT2D eigenvalue weighted by Crippen LogP contribution is -2.51. The highest BCUT2D eigenvalue weighted by molar-refractivity contribution is 9.10. The quantitative estimate of drug-likeness (QED) is 0.105. The molecule has 16 heteroatoms. The topological polar surface area (TPSA) is 235 Å². The van der Waals surface area contributed by atoms with Crippen molar-refractivity contribution in [3.05, 3.63) is 80.8 Å². The summed E-state index contributed by atoms with van der Waals surface area (Å²) in [6.07, 6.45) is 11.6. The fourth-order valence-corrected chi connectivity index (χ4v) is 9.38. The van der Waals surface area contributed by atoms with Crippen LogP contribution in [0.15, 0.2) is 90.6 Å².